The zero-order valence-electron chi connectivity index (χ0n) is 12.5. The Morgan fingerprint density at radius 3 is 2.57 bits per heavy atom. The normalized spacial score (nSPS) is 17.3. The number of hydroxylamine groups is 2. The molecule has 122 valence electrons. The largest absolute Gasteiger partial charge is 0.486 e. The first kappa shape index (κ1) is 15.8. The minimum atomic E-state index is -3.61. The van der Waals surface area contributed by atoms with Gasteiger partial charge in [0.25, 0.3) is 0 Å². The van der Waals surface area contributed by atoms with Crippen LogP contribution in [0.5, 0.6) is 11.5 Å². The highest BCUT2D eigenvalue weighted by atomic mass is 32.2. The van der Waals surface area contributed by atoms with Crippen LogP contribution in [0, 0.1) is 0 Å². The molecule has 1 aliphatic rings. The number of ether oxygens (including phenoxy) is 2. The summed E-state index contributed by atoms with van der Waals surface area (Å²) in [4.78, 5) is 0.368. The number of sulfone groups is 1. The number of hydrogen-bond donors (Lipinski definition) is 1. The molecule has 3 rings (SSSR count). The average molecular weight is 335 g/mol. The van der Waals surface area contributed by atoms with Crippen LogP contribution in [0.15, 0.2) is 58.3 Å². The van der Waals surface area contributed by atoms with Gasteiger partial charge in [-0.1, -0.05) is 18.2 Å². The van der Waals surface area contributed by atoms with E-state index in [1.54, 1.807) is 36.4 Å². The van der Waals surface area contributed by atoms with E-state index in [-0.39, 0.29) is 22.4 Å². The highest BCUT2D eigenvalue weighted by molar-refractivity contribution is 7.91. The van der Waals surface area contributed by atoms with Crippen LogP contribution in [0.4, 0.5) is 0 Å². The molecule has 0 bridgehead atoms. The lowest BCUT2D eigenvalue weighted by Gasteiger charge is -2.28. The lowest BCUT2D eigenvalue weighted by Crippen LogP contribution is -2.38. The SMILES string of the molecule is CN(O)CC1COc2ccc(S(=O)(=O)c3ccccc3)cc2O1. The van der Waals surface area contributed by atoms with Gasteiger partial charge in [0.05, 0.1) is 16.3 Å². The van der Waals surface area contributed by atoms with Crippen LogP contribution in [0.25, 0.3) is 0 Å². The Hall–Kier alpha value is -2.09. The third-order valence-corrected chi connectivity index (χ3v) is 5.23. The summed E-state index contributed by atoms with van der Waals surface area (Å²) in [5, 5.41) is 10.3. The van der Waals surface area contributed by atoms with Crippen molar-refractivity contribution in [3.05, 3.63) is 48.5 Å². The topological polar surface area (TPSA) is 76.1 Å². The molecular formula is C16H17NO5S. The van der Waals surface area contributed by atoms with Crippen molar-refractivity contribution >= 4 is 9.84 Å². The molecule has 0 amide bonds. The molecule has 0 saturated carbocycles. The molecule has 1 heterocycles. The standard InChI is InChI=1S/C16H17NO5S/c1-17(18)10-12-11-21-15-8-7-14(9-16(15)22-12)23(19,20)13-5-3-2-4-6-13/h2-9,12,18H,10-11H2,1H3. The third-order valence-electron chi connectivity index (χ3n) is 3.47. The Bertz CT molecular complexity index is 789. The second-order valence-corrected chi connectivity index (χ2v) is 7.27. The predicted octanol–water partition coefficient (Wildman–Crippen LogP) is 1.98. The van der Waals surface area contributed by atoms with Crippen molar-refractivity contribution in [2.75, 3.05) is 20.2 Å². The fraction of sp³-hybridized carbons (Fsp3) is 0.250. The van der Waals surface area contributed by atoms with Crippen LogP contribution in [0.3, 0.4) is 0 Å². The van der Waals surface area contributed by atoms with E-state index >= 15 is 0 Å². The van der Waals surface area contributed by atoms with Crippen LogP contribution in [-0.2, 0) is 9.84 Å². The first-order valence-electron chi connectivity index (χ1n) is 7.10. The molecule has 0 radical (unpaired) electrons. The fourth-order valence-corrected chi connectivity index (χ4v) is 3.68. The van der Waals surface area contributed by atoms with Crippen LogP contribution < -0.4 is 9.47 Å². The first-order chi connectivity index (χ1) is 11.0. The summed E-state index contributed by atoms with van der Waals surface area (Å²) in [6, 6.07) is 12.8. The summed E-state index contributed by atoms with van der Waals surface area (Å²) in [5.41, 5.74) is 0. The van der Waals surface area contributed by atoms with Crippen LogP contribution in [0.2, 0.25) is 0 Å². The molecule has 1 aliphatic heterocycles. The molecule has 23 heavy (non-hydrogen) atoms. The molecule has 2 aromatic carbocycles. The summed E-state index contributed by atoms with van der Waals surface area (Å²) >= 11 is 0. The summed E-state index contributed by atoms with van der Waals surface area (Å²) in [7, 11) is -2.10. The fourth-order valence-electron chi connectivity index (χ4n) is 2.38. The summed E-state index contributed by atoms with van der Waals surface area (Å²) in [6.45, 7) is 0.553. The second-order valence-electron chi connectivity index (χ2n) is 5.32. The third kappa shape index (κ3) is 3.31. The Balaban J connectivity index is 1.92. The van der Waals surface area contributed by atoms with E-state index in [1.165, 1.54) is 19.2 Å². The van der Waals surface area contributed by atoms with Crippen molar-refractivity contribution < 1.29 is 23.1 Å². The van der Waals surface area contributed by atoms with E-state index in [4.69, 9.17) is 9.47 Å². The van der Waals surface area contributed by atoms with Gasteiger partial charge in [0.1, 0.15) is 12.7 Å². The Kier molecular flexibility index (Phi) is 4.25. The van der Waals surface area contributed by atoms with E-state index in [9.17, 15) is 13.6 Å². The number of likely N-dealkylation sites (N-methyl/N-ethyl adjacent to an activating group) is 1. The van der Waals surface area contributed by atoms with E-state index < -0.39 is 9.84 Å². The molecule has 0 spiro atoms. The molecule has 0 aliphatic carbocycles. The second kappa shape index (κ2) is 6.19. The Labute approximate surface area is 134 Å². The van der Waals surface area contributed by atoms with E-state index in [0.717, 1.165) is 5.06 Å². The quantitative estimate of drug-likeness (QED) is 0.861. The monoisotopic (exact) mass is 335 g/mol. The van der Waals surface area contributed by atoms with E-state index in [1.807, 2.05) is 0 Å². The molecule has 0 saturated heterocycles. The maximum absolute atomic E-state index is 12.6. The lowest BCUT2D eigenvalue weighted by atomic mass is 10.2. The number of fused-ring (bicyclic) bond motifs is 1. The molecule has 7 heteroatoms. The van der Waals surface area contributed by atoms with Crippen LogP contribution in [0.1, 0.15) is 0 Å². The molecule has 1 unspecified atom stereocenters. The zero-order valence-corrected chi connectivity index (χ0v) is 13.4. The van der Waals surface area contributed by atoms with Crippen molar-refractivity contribution in [2.24, 2.45) is 0 Å². The average Bonchev–Trinajstić information content (AvgIpc) is 2.54. The van der Waals surface area contributed by atoms with E-state index in [2.05, 4.69) is 0 Å². The van der Waals surface area contributed by atoms with Gasteiger partial charge in [-0.05, 0) is 24.3 Å². The van der Waals surface area contributed by atoms with Gasteiger partial charge in [-0.2, -0.15) is 5.06 Å². The van der Waals surface area contributed by atoms with Gasteiger partial charge in [-0.25, -0.2) is 8.42 Å². The molecule has 6 nitrogen and oxygen atoms in total. The Morgan fingerprint density at radius 2 is 1.87 bits per heavy atom. The summed E-state index contributed by atoms with van der Waals surface area (Å²) in [5.74, 6) is 0.856. The van der Waals surface area contributed by atoms with Gasteiger partial charge in [-0.15, -0.1) is 0 Å². The van der Waals surface area contributed by atoms with Gasteiger partial charge < -0.3 is 14.7 Å². The maximum atomic E-state index is 12.6. The van der Waals surface area contributed by atoms with Gasteiger partial charge >= 0.3 is 0 Å². The van der Waals surface area contributed by atoms with Crippen LogP contribution in [-0.4, -0.2) is 45.0 Å². The smallest absolute Gasteiger partial charge is 0.206 e. The molecule has 2 aromatic rings. The lowest BCUT2D eigenvalue weighted by molar-refractivity contribution is -0.0944. The molecule has 0 fully saturated rings. The van der Waals surface area contributed by atoms with Crippen molar-refractivity contribution in [3.63, 3.8) is 0 Å². The van der Waals surface area contributed by atoms with Crippen molar-refractivity contribution in [1.29, 1.82) is 0 Å². The number of benzene rings is 2. The zero-order chi connectivity index (χ0) is 16.4. The maximum Gasteiger partial charge on any atom is 0.206 e. The Morgan fingerprint density at radius 1 is 1.13 bits per heavy atom. The number of nitrogens with zero attached hydrogens (tertiary/aromatic N) is 1. The number of hydrogen-bond acceptors (Lipinski definition) is 6. The van der Waals surface area contributed by atoms with Crippen molar-refractivity contribution in [3.8, 4) is 11.5 Å². The predicted molar refractivity (Wildman–Crippen MR) is 82.7 cm³/mol. The molecule has 1 atom stereocenters. The highest BCUT2D eigenvalue weighted by Crippen LogP contribution is 2.35. The highest BCUT2D eigenvalue weighted by Gasteiger charge is 2.25. The van der Waals surface area contributed by atoms with Crippen molar-refractivity contribution in [2.45, 2.75) is 15.9 Å². The minimum absolute atomic E-state index is 0.143. The van der Waals surface area contributed by atoms with Gasteiger partial charge in [0, 0.05) is 13.1 Å². The summed E-state index contributed by atoms with van der Waals surface area (Å²) < 4.78 is 36.5. The number of rotatable bonds is 4. The van der Waals surface area contributed by atoms with Gasteiger partial charge in [-0.3, -0.25) is 0 Å². The van der Waals surface area contributed by atoms with Gasteiger partial charge in [0.2, 0.25) is 9.84 Å². The molecular weight excluding hydrogens is 318 g/mol. The van der Waals surface area contributed by atoms with Crippen molar-refractivity contribution in [1.82, 2.24) is 5.06 Å². The molecule has 1 N–H and O–H groups in total. The van der Waals surface area contributed by atoms with Gasteiger partial charge in [0.15, 0.2) is 11.5 Å². The first-order valence-corrected chi connectivity index (χ1v) is 8.59. The summed E-state index contributed by atoms with van der Waals surface area (Å²) in [6.07, 6.45) is -0.368. The molecule has 0 aromatic heterocycles. The van der Waals surface area contributed by atoms with Crippen LogP contribution >= 0.6 is 0 Å². The van der Waals surface area contributed by atoms with E-state index in [0.29, 0.717) is 18.1 Å². The minimum Gasteiger partial charge on any atom is -0.486 e.